The molecule has 2 N–H and O–H groups in total. The number of para-hydroxylation sites is 1. The van der Waals surface area contributed by atoms with Gasteiger partial charge in [0.15, 0.2) is 12.4 Å². The fourth-order valence-corrected chi connectivity index (χ4v) is 2.44. The standard InChI is InChI=1S/C20H24N2O6/c1-13(2)18(22-19(24)16-9-6-10-27-16)20(25)28-12-17(23)21-11-14-7-4-5-8-15(14)26-3/h4-10,13,18H,11-12H2,1-3H3,(H,21,23)(H,22,24)/t18-/m0/s1. The minimum Gasteiger partial charge on any atom is -0.496 e. The lowest BCUT2D eigenvalue weighted by atomic mass is 10.0. The Morgan fingerprint density at radius 1 is 1.11 bits per heavy atom. The van der Waals surface area contributed by atoms with Gasteiger partial charge in [0.2, 0.25) is 0 Å². The molecule has 0 unspecified atom stereocenters. The van der Waals surface area contributed by atoms with E-state index in [2.05, 4.69) is 10.6 Å². The molecule has 0 aliphatic carbocycles. The summed E-state index contributed by atoms with van der Waals surface area (Å²) in [5.74, 6) is -1.17. The summed E-state index contributed by atoms with van der Waals surface area (Å²) < 4.78 is 15.3. The van der Waals surface area contributed by atoms with Gasteiger partial charge < -0.3 is 24.5 Å². The van der Waals surface area contributed by atoms with Crippen LogP contribution in [-0.4, -0.2) is 37.5 Å². The van der Waals surface area contributed by atoms with E-state index in [1.807, 2.05) is 18.2 Å². The zero-order valence-electron chi connectivity index (χ0n) is 16.1. The van der Waals surface area contributed by atoms with Crippen LogP contribution in [0.25, 0.3) is 0 Å². The molecular weight excluding hydrogens is 364 g/mol. The summed E-state index contributed by atoms with van der Waals surface area (Å²) in [6.07, 6.45) is 1.36. The second-order valence-electron chi connectivity index (χ2n) is 6.37. The second kappa shape index (κ2) is 10.1. The molecule has 2 rings (SSSR count). The summed E-state index contributed by atoms with van der Waals surface area (Å²) >= 11 is 0. The Labute approximate surface area is 163 Å². The van der Waals surface area contributed by atoms with E-state index in [9.17, 15) is 14.4 Å². The summed E-state index contributed by atoms with van der Waals surface area (Å²) in [7, 11) is 1.55. The third-order valence-electron chi connectivity index (χ3n) is 3.97. The topological polar surface area (TPSA) is 107 Å². The Kier molecular flexibility index (Phi) is 7.62. The van der Waals surface area contributed by atoms with Gasteiger partial charge in [-0.15, -0.1) is 0 Å². The Bertz CT molecular complexity index is 801. The molecule has 8 nitrogen and oxygen atoms in total. The molecule has 1 aromatic heterocycles. The number of furan rings is 1. The molecule has 2 amide bonds. The minimum absolute atomic E-state index is 0.0907. The van der Waals surface area contributed by atoms with Crippen LogP contribution in [0.3, 0.4) is 0 Å². The van der Waals surface area contributed by atoms with E-state index in [0.717, 1.165) is 5.56 Å². The van der Waals surface area contributed by atoms with Gasteiger partial charge in [0.1, 0.15) is 11.8 Å². The summed E-state index contributed by atoms with van der Waals surface area (Å²) in [6.45, 7) is 3.31. The fraction of sp³-hybridized carbons (Fsp3) is 0.350. The first kappa shape index (κ1) is 21.0. The number of benzene rings is 1. The third kappa shape index (κ3) is 5.87. The number of esters is 1. The zero-order valence-corrected chi connectivity index (χ0v) is 16.1. The summed E-state index contributed by atoms with van der Waals surface area (Å²) in [5, 5.41) is 5.22. The number of amides is 2. The molecule has 2 aromatic rings. The first-order chi connectivity index (χ1) is 13.4. The lowest BCUT2D eigenvalue weighted by molar-refractivity contribution is -0.151. The SMILES string of the molecule is COc1ccccc1CNC(=O)COC(=O)[C@@H](NC(=O)c1ccco1)C(C)C. The monoisotopic (exact) mass is 388 g/mol. The van der Waals surface area contributed by atoms with Gasteiger partial charge in [0, 0.05) is 12.1 Å². The maximum atomic E-state index is 12.3. The maximum absolute atomic E-state index is 12.3. The number of methoxy groups -OCH3 is 1. The summed E-state index contributed by atoms with van der Waals surface area (Å²) in [4.78, 5) is 36.4. The average molecular weight is 388 g/mol. The first-order valence-corrected chi connectivity index (χ1v) is 8.82. The van der Waals surface area contributed by atoms with E-state index in [4.69, 9.17) is 13.9 Å². The lowest BCUT2D eigenvalue weighted by Gasteiger charge is -2.20. The summed E-state index contributed by atoms with van der Waals surface area (Å²) in [6, 6.07) is 9.43. The number of ether oxygens (including phenoxy) is 2. The van der Waals surface area contributed by atoms with Gasteiger partial charge in [-0.2, -0.15) is 0 Å². The Balaban J connectivity index is 1.84. The first-order valence-electron chi connectivity index (χ1n) is 8.82. The van der Waals surface area contributed by atoms with Crippen LogP contribution >= 0.6 is 0 Å². The molecule has 0 aliphatic rings. The quantitative estimate of drug-likeness (QED) is 0.636. The predicted octanol–water partition coefficient (Wildman–Crippen LogP) is 1.90. The molecule has 0 bridgehead atoms. The van der Waals surface area contributed by atoms with Crippen molar-refractivity contribution in [2.45, 2.75) is 26.4 Å². The summed E-state index contributed by atoms with van der Waals surface area (Å²) in [5.41, 5.74) is 0.801. The molecule has 1 aromatic carbocycles. The molecule has 0 radical (unpaired) electrons. The van der Waals surface area contributed by atoms with Crippen LogP contribution in [0.1, 0.15) is 30.0 Å². The number of rotatable bonds is 9. The van der Waals surface area contributed by atoms with Gasteiger partial charge in [-0.25, -0.2) is 4.79 Å². The third-order valence-corrected chi connectivity index (χ3v) is 3.97. The molecule has 0 aliphatic heterocycles. The van der Waals surface area contributed by atoms with Gasteiger partial charge in [-0.3, -0.25) is 9.59 Å². The van der Waals surface area contributed by atoms with Crippen molar-refractivity contribution in [1.29, 1.82) is 0 Å². The molecule has 8 heteroatoms. The number of carbonyl (C=O) groups excluding carboxylic acids is 3. The van der Waals surface area contributed by atoms with E-state index in [0.29, 0.717) is 5.75 Å². The van der Waals surface area contributed by atoms with E-state index in [1.54, 1.807) is 33.1 Å². The number of nitrogens with one attached hydrogen (secondary N) is 2. The molecule has 0 spiro atoms. The van der Waals surface area contributed by atoms with E-state index in [1.165, 1.54) is 12.3 Å². The Morgan fingerprint density at radius 3 is 2.50 bits per heavy atom. The molecule has 0 saturated heterocycles. The highest BCUT2D eigenvalue weighted by atomic mass is 16.5. The highest BCUT2D eigenvalue weighted by Crippen LogP contribution is 2.16. The van der Waals surface area contributed by atoms with E-state index >= 15 is 0 Å². The van der Waals surface area contributed by atoms with Crippen molar-refractivity contribution in [3.8, 4) is 5.75 Å². The lowest BCUT2D eigenvalue weighted by Crippen LogP contribution is -2.46. The van der Waals surface area contributed by atoms with Gasteiger partial charge in [-0.1, -0.05) is 32.0 Å². The van der Waals surface area contributed by atoms with Crippen LogP contribution < -0.4 is 15.4 Å². The molecule has 150 valence electrons. The van der Waals surface area contributed by atoms with Crippen LogP contribution in [-0.2, 0) is 20.9 Å². The second-order valence-corrected chi connectivity index (χ2v) is 6.37. The molecule has 1 atom stereocenters. The fourth-order valence-electron chi connectivity index (χ4n) is 2.44. The maximum Gasteiger partial charge on any atom is 0.329 e. The van der Waals surface area contributed by atoms with Gasteiger partial charge >= 0.3 is 5.97 Å². The van der Waals surface area contributed by atoms with Crippen molar-refractivity contribution < 1.29 is 28.3 Å². The van der Waals surface area contributed by atoms with Gasteiger partial charge in [-0.05, 0) is 24.1 Å². The van der Waals surface area contributed by atoms with E-state index < -0.39 is 30.4 Å². The highest BCUT2D eigenvalue weighted by Gasteiger charge is 2.27. The Morgan fingerprint density at radius 2 is 1.86 bits per heavy atom. The zero-order chi connectivity index (χ0) is 20.5. The largest absolute Gasteiger partial charge is 0.496 e. The predicted molar refractivity (Wildman–Crippen MR) is 101 cm³/mol. The van der Waals surface area contributed by atoms with E-state index in [-0.39, 0.29) is 18.2 Å². The van der Waals surface area contributed by atoms with Crippen molar-refractivity contribution in [1.82, 2.24) is 10.6 Å². The average Bonchev–Trinajstić information content (AvgIpc) is 3.23. The molecular formula is C20H24N2O6. The number of hydrogen-bond donors (Lipinski definition) is 2. The smallest absolute Gasteiger partial charge is 0.329 e. The van der Waals surface area contributed by atoms with Crippen LogP contribution in [0.15, 0.2) is 47.1 Å². The van der Waals surface area contributed by atoms with Crippen molar-refractivity contribution in [3.05, 3.63) is 54.0 Å². The van der Waals surface area contributed by atoms with Crippen LogP contribution in [0.4, 0.5) is 0 Å². The number of carbonyl (C=O) groups is 3. The molecule has 0 saturated carbocycles. The number of hydrogen-bond acceptors (Lipinski definition) is 6. The minimum atomic E-state index is -0.903. The highest BCUT2D eigenvalue weighted by molar-refractivity contribution is 5.94. The normalized spacial score (nSPS) is 11.6. The van der Waals surface area contributed by atoms with Crippen LogP contribution in [0.2, 0.25) is 0 Å². The van der Waals surface area contributed by atoms with Crippen molar-refractivity contribution >= 4 is 17.8 Å². The van der Waals surface area contributed by atoms with Crippen molar-refractivity contribution in [3.63, 3.8) is 0 Å². The van der Waals surface area contributed by atoms with Gasteiger partial charge in [0.05, 0.1) is 13.4 Å². The van der Waals surface area contributed by atoms with Crippen molar-refractivity contribution in [2.24, 2.45) is 5.92 Å². The van der Waals surface area contributed by atoms with Crippen molar-refractivity contribution in [2.75, 3.05) is 13.7 Å². The van der Waals surface area contributed by atoms with Gasteiger partial charge in [0.25, 0.3) is 11.8 Å². The molecule has 1 heterocycles. The Hall–Kier alpha value is -3.29. The van der Waals surface area contributed by atoms with Crippen LogP contribution in [0.5, 0.6) is 5.75 Å². The molecule has 0 fully saturated rings. The molecule has 28 heavy (non-hydrogen) atoms. The van der Waals surface area contributed by atoms with Crippen LogP contribution in [0, 0.1) is 5.92 Å².